The van der Waals surface area contributed by atoms with Crippen LogP contribution in [0.3, 0.4) is 0 Å². The summed E-state index contributed by atoms with van der Waals surface area (Å²) in [6.07, 6.45) is 0.0430. The average molecular weight is 451 g/mol. The van der Waals surface area contributed by atoms with Crippen molar-refractivity contribution in [2.45, 2.75) is 12.8 Å². The first-order chi connectivity index (χ1) is 15.4. The summed E-state index contributed by atoms with van der Waals surface area (Å²) in [6.45, 7) is 0. The van der Waals surface area contributed by atoms with Crippen molar-refractivity contribution in [2.24, 2.45) is 0 Å². The Morgan fingerprint density at radius 2 is 1.84 bits per heavy atom. The number of Topliss-reactive ketones (excluding diaryl/α,β-unsaturated/α-hetero) is 1. The monoisotopic (exact) mass is 451 g/mol. The van der Waals surface area contributed by atoms with E-state index in [0.717, 1.165) is 5.56 Å². The maximum Gasteiger partial charge on any atom is 0.269 e. The largest absolute Gasteiger partial charge is 0.497 e. The molecular weight excluding hydrogens is 434 g/mol. The Bertz CT molecular complexity index is 1290. The number of carbonyl (C=O) groups is 2. The number of benzene rings is 2. The predicted octanol–water partition coefficient (Wildman–Crippen LogP) is 3.98. The SMILES string of the molecule is COc1ccc(C(=O)CCC(=O)Nc2nc3scc(-c4ccc([N+](=O)[O-])cc4)n3n2)cc1. The summed E-state index contributed by atoms with van der Waals surface area (Å²) in [4.78, 5) is 39.8. The minimum absolute atomic E-state index is 0.00375. The molecular formula is C21H17N5O5S. The zero-order chi connectivity index (χ0) is 22.7. The number of nitro groups is 1. The summed E-state index contributed by atoms with van der Waals surface area (Å²) in [5, 5.41) is 19.6. The molecule has 1 amide bonds. The quantitative estimate of drug-likeness (QED) is 0.244. The lowest BCUT2D eigenvalue weighted by atomic mass is 10.1. The number of anilines is 1. The summed E-state index contributed by atoms with van der Waals surface area (Å²) in [7, 11) is 1.55. The molecule has 32 heavy (non-hydrogen) atoms. The zero-order valence-corrected chi connectivity index (χ0v) is 17.7. The molecule has 0 unspecified atom stereocenters. The van der Waals surface area contributed by atoms with Gasteiger partial charge in [-0.05, 0) is 36.4 Å². The van der Waals surface area contributed by atoms with Crippen molar-refractivity contribution in [1.29, 1.82) is 0 Å². The number of fused-ring (bicyclic) bond motifs is 1. The first-order valence-electron chi connectivity index (χ1n) is 9.51. The fraction of sp³-hybridized carbons (Fsp3) is 0.143. The van der Waals surface area contributed by atoms with Crippen LogP contribution < -0.4 is 10.1 Å². The summed E-state index contributed by atoms with van der Waals surface area (Å²) < 4.78 is 6.63. The highest BCUT2D eigenvalue weighted by molar-refractivity contribution is 7.15. The molecule has 0 saturated carbocycles. The Balaban J connectivity index is 1.40. The Labute approximate surface area is 185 Å². The van der Waals surface area contributed by atoms with Crippen LogP contribution in [0.25, 0.3) is 16.2 Å². The third-order valence-corrected chi connectivity index (χ3v) is 5.51. The lowest BCUT2D eigenvalue weighted by Gasteiger charge is -2.03. The Morgan fingerprint density at radius 1 is 1.12 bits per heavy atom. The van der Waals surface area contributed by atoms with Crippen LogP contribution in [-0.2, 0) is 4.79 Å². The van der Waals surface area contributed by atoms with Gasteiger partial charge in [-0.25, -0.2) is 4.52 Å². The van der Waals surface area contributed by atoms with Gasteiger partial charge in [-0.3, -0.25) is 25.0 Å². The van der Waals surface area contributed by atoms with Gasteiger partial charge in [0.15, 0.2) is 5.78 Å². The number of amides is 1. The number of aromatic nitrogens is 3. The van der Waals surface area contributed by atoms with E-state index in [9.17, 15) is 19.7 Å². The molecule has 0 atom stereocenters. The van der Waals surface area contributed by atoms with E-state index >= 15 is 0 Å². The fourth-order valence-electron chi connectivity index (χ4n) is 3.02. The first kappa shape index (κ1) is 21.1. The molecule has 162 valence electrons. The van der Waals surface area contributed by atoms with E-state index in [1.54, 1.807) is 48.0 Å². The number of nitrogens with one attached hydrogen (secondary N) is 1. The maximum atomic E-state index is 12.3. The molecule has 0 aliphatic carbocycles. The van der Waals surface area contributed by atoms with Crippen molar-refractivity contribution in [2.75, 3.05) is 12.4 Å². The van der Waals surface area contributed by atoms with Crippen LogP contribution in [0.4, 0.5) is 11.6 Å². The number of hydrogen-bond acceptors (Lipinski definition) is 8. The van der Waals surface area contributed by atoms with E-state index in [-0.39, 0.29) is 36.2 Å². The number of ether oxygens (including phenoxy) is 1. The van der Waals surface area contributed by atoms with E-state index in [0.29, 0.717) is 22.0 Å². The van der Waals surface area contributed by atoms with Crippen LogP contribution in [0.1, 0.15) is 23.2 Å². The summed E-state index contributed by atoms with van der Waals surface area (Å²) in [6, 6.07) is 12.8. The van der Waals surface area contributed by atoms with Gasteiger partial charge in [0, 0.05) is 41.5 Å². The predicted molar refractivity (Wildman–Crippen MR) is 118 cm³/mol. The van der Waals surface area contributed by atoms with Gasteiger partial charge in [-0.1, -0.05) is 0 Å². The summed E-state index contributed by atoms with van der Waals surface area (Å²) in [5.74, 6) is 0.254. The van der Waals surface area contributed by atoms with E-state index in [1.165, 1.54) is 23.5 Å². The van der Waals surface area contributed by atoms with Crippen LogP contribution in [0.15, 0.2) is 53.9 Å². The van der Waals surface area contributed by atoms with Gasteiger partial charge in [0.1, 0.15) is 5.75 Å². The van der Waals surface area contributed by atoms with Crippen molar-refractivity contribution < 1.29 is 19.2 Å². The number of carbonyl (C=O) groups excluding carboxylic acids is 2. The van der Waals surface area contributed by atoms with E-state index in [2.05, 4.69) is 15.4 Å². The molecule has 0 spiro atoms. The molecule has 4 aromatic rings. The van der Waals surface area contributed by atoms with E-state index in [1.807, 2.05) is 5.38 Å². The van der Waals surface area contributed by atoms with E-state index < -0.39 is 4.92 Å². The van der Waals surface area contributed by atoms with Gasteiger partial charge in [-0.15, -0.1) is 16.4 Å². The second-order valence-corrected chi connectivity index (χ2v) is 7.59. The molecule has 0 radical (unpaired) electrons. The molecule has 2 heterocycles. The van der Waals surface area contributed by atoms with Crippen LogP contribution in [-0.4, -0.2) is 38.3 Å². The standard InChI is InChI=1S/C21H17N5O5S/c1-31-16-8-4-14(5-9-16)18(27)10-11-19(28)22-20-23-21-25(24-20)17(12-32-21)13-2-6-15(7-3-13)26(29)30/h2-9,12H,10-11H2,1H3,(H,22,24,28). The molecule has 2 aromatic heterocycles. The highest BCUT2D eigenvalue weighted by Gasteiger charge is 2.15. The maximum absolute atomic E-state index is 12.3. The number of nitrogens with zero attached hydrogens (tertiary/aromatic N) is 4. The van der Waals surface area contributed by atoms with Gasteiger partial charge in [0.2, 0.25) is 16.8 Å². The summed E-state index contributed by atoms with van der Waals surface area (Å²) >= 11 is 1.33. The van der Waals surface area contributed by atoms with Crippen molar-refractivity contribution in [3.05, 3.63) is 69.6 Å². The molecule has 10 nitrogen and oxygen atoms in total. The summed E-state index contributed by atoms with van der Waals surface area (Å²) in [5.41, 5.74) is 1.93. The van der Waals surface area contributed by atoms with Crippen LogP contribution in [0, 0.1) is 10.1 Å². The second-order valence-electron chi connectivity index (χ2n) is 6.75. The third kappa shape index (κ3) is 4.47. The van der Waals surface area contributed by atoms with Crippen LogP contribution >= 0.6 is 11.3 Å². The Kier molecular flexibility index (Phi) is 5.90. The number of thiazole rings is 1. The third-order valence-electron chi connectivity index (χ3n) is 4.70. The highest BCUT2D eigenvalue weighted by Crippen LogP contribution is 2.27. The van der Waals surface area contributed by atoms with Gasteiger partial charge in [-0.2, -0.15) is 4.98 Å². The zero-order valence-electron chi connectivity index (χ0n) is 16.8. The smallest absolute Gasteiger partial charge is 0.269 e. The van der Waals surface area contributed by atoms with Crippen molar-refractivity contribution in [1.82, 2.24) is 14.6 Å². The highest BCUT2D eigenvalue weighted by atomic mass is 32.1. The number of non-ortho nitro benzene ring substituents is 1. The number of nitro benzene ring substituents is 1. The lowest BCUT2D eigenvalue weighted by Crippen LogP contribution is -2.14. The number of hydrogen-bond donors (Lipinski definition) is 1. The Morgan fingerprint density at radius 3 is 2.50 bits per heavy atom. The molecule has 4 rings (SSSR count). The number of rotatable bonds is 8. The normalized spacial score (nSPS) is 10.8. The number of methoxy groups -OCH3 is 1. The molecule has 2 aromatic carbocycles. The second kappa shape index (κ2) is 8.94. The molecule has 0 aliphatic heterocycles. The van der Waals surface area contributed by atoms with Gasteiger partial charge >= 0.3 is 0 Å². The molecule has 0 aliphatic rings. The minimum Gasteiger partial charge on any atom is -0.497 e. The van der Waals surface area contributed by atoms with Crippen LogP contribution in [0.5, 0.6) is 5.75 Å². The Hall–Kier alpha value is -4.12. The molecule has 0 bridgehead atoms. The van der Waals surface area contributed by atoms with Gasteiger partial charge < -0.3 is 4.74 Å². The topological polar surface area (TPSA) is 129 Å². The van der Waals surface area contributed by atoms with Gasteiger partial charge in [0.25, 0.3) is 5.69 Å². The first-order valence-corrected chi connectivity index (χ1v) is 10.4. The average Bonchev–Trinajstić information content (AvgIpc) is 3.37. The molecule has 0 saturated heterocycles. The van der Waals surface area contributed by atoms with E-state index in [4.69, 9.17) is 4.74 Å². The molecule has 1 N–H and O–H groups in total. The fourth-order valence-corrected chi connectivity index (χ4v) is 3.85. The van der Waals surface area contributed by atoms with Crippen LogP contribution in [0.2, 0.25) is 0 Å². The van der Waals surface area contributed by atoms with Gasteiger partial charge in [0.05, 0.1) is 17.7 Å². The minimum atomic E-state index is -0.463. The molecule has 0 fully saturated rings. The van der Waals surface area contributed by atoms with Crippen molar-refractivity contribution in [3.63, 3.8) is 0 Å². The van der Waals surface area contributed by atoms with Crippen molar-refractivity contribution >= 4 is 39.6 Å². The van der Waals surface area contributed by atoms with Crippen molar-refractivity contribution in [3.8, 4) is 17.0 Å². The molecule has 11 heteroatoms. The lowest BCUT2D eigenvalue weighted by molar-refractivity contribution is -0.384. The number of ketones is 1.